The standard InChI is InChI=1S/C15H12N4/c1-19(14-8-4-5-9-17-14)15-12(10-16)11-6-2-3-7-13(11)18-15/h2-9,18H,1H3. The van der Waals surface area contributed by atoms with Crippen molar-refractivity contribution in [2.24, 2.45) is 0 Å². The van der Waals surface area contributed by atoms with Crippen LogP contribution in [-0.4, -0.2) is 17.0 Å². The molecule has 0 saturated carbocycles. The molecular weight excluding hydrogens is 236 g/mol. The first kappa shape index (κ1) is 11.3. The highest BCUT2D eigenvalue weighted by Crippen LogP contribution is 2.30. The van der Waals surface area contributed by atoms with Crippen LogP contribution >= 0.6 is 0 Å². The molecule has 0 aliphatic rings. The highest BCUT2D eigenvalue weighted by molar-refractivity contribution is 5.92. The molecule has 0 saturated heterocycles. The molecule has 1 aromatic carbocycles. The second-order valence-electron chi connectivity index (χ2n) is 4.25. The van der Waals surface area contributed by atoms with Crippen LogP contribution in [0.15, 0.2) is 48.7 Å². The van der Waals surface area contributed by atoms with E-state index in [1.807, 2.05) is 54.4 Å². The van der Waals surface area contributed by atoms with Crippen LogP contribution in [0.1, 0.15) is 5.56 Å². The summed E-state index contributed by atoms with van der Waals surface area (Å²) in [6.07, 6.45) is 1.74. The smallest absolute Gasteiger partial charge is 0.133 e. The molecule has 3 rings (SSSR count). The molecule has 0 aliphatic carbocycles. The number of hydrogen-bond donors (Lipinski definition) is 1. The Hall–Kier alpha value is -2.80. The lowest BCUT2D eigenvalue weighted by atomic mass is 10.2. The van der Waals surface area contributed by atoms with E-state index in [-0.39, 0.29) is 0 Å². The number of nitrogens with one attached hydrogen (secondary N) is 1. The van der Waals surface area contributed by atoms with E-state index in [4.69, 9.17) is 0 Å². The zero-order chi connectivity index (χ0) is 13.2. The summed E-state index contributed by atoms with van der Waals surface area (Å²) in [5.41, 5.74) is 1.60. The molecule has 19 heavy (non-hydrogen) atoms. The Morgan fingerprint density at radius 3 is 2.68 bits per heavy atom. The summed E-state index contributed by atoms with van der Waals surface area (Å²) in [7, 11) is 1.90. The van der Waals surface area contributed by atoms with Crippen LogP contribution in [0.5, 0.6) is 0 Å². The topological polar surface area (TPSA) is 55.7 Å². The molecular formula is C15H12N4. The van der Waals surface area contributed by atoms with Gasteiger partial charge in [-0.2, -0.15) is 5.26 Å². The number of H-pyrrole nitrogens is 1. The van der Waals surface area contributed by atoms with Crippen molar-refractivity contribution >= 4 is 22.5 Å². The Bertz CT molecular complexity index is 753. The third-order valence-corrected chi connectivity index (χ3v) is 3.13. The summed E-state index contributed by atoms with van der Waals surface area (Å²) in [5.74, 6) is 1.56. The van der Waals surface area contributed by atoms with E-state index in [1.165, 1.54) is 0 Å². The molecule has 4 heteroatoms. The van der Waals surface area contributed by atoms with Gasteiger partial charge in [-0.1, -0.05) is 24.3 Å². The number of fused-ring (bicyclic) bond motifs is 1. The molecule has 0 fully saturated rings. The first-order chi connectivity index (χ1) is 9.31. The fraction of sp³-hybridized carbons (Fsp3) is 0.0667. The Kier molecular flexibility index (Phi) is 2.66. The Labute approximate surface area is 110 Å². The van der Waals surface area contributed by atoms with Crippen molar-refractivity contribution in [2.75, 3.05) is 11.9 Å². The quantitative estimate of drug-likeness (QED) is 0.757. The first-order valence-corrected chi connectivity index (χ1v) is 5.97. The van der Waals surface area contributed by atoms with E-state index in [9.17, 15) is 5.26 Å². The van der Waals surface area contributed by atoms with Crippen molar-refractivity contribution in [1.82, 2.24) is 9.97 Å². The minimum Gasteiger partial charge on any atom is -0.340 e. The molecule has 0 radical (unpaired) electrons. The lowest BCUT2D eigenvalue weighted by Crippen LogP contribution is -2.12. The minimum atomic E-state index is 0.642. The number of pyridine rings is 1. The summed E-state index contributed by atoms with van der Waals surface area (Å²) in [4.78, 5) is 9.46. The highest BCUT2D eigenvalue weighted by Gasteiger charge is 2.15. The van der Waals surface area contributed by atoms with E-state index in [0.717, 1.165) is 22.5 Å². The number of para-hydroxylation sites is 1. The zero-order valence-corrected chi connectivity index (χ0v) is 10.5. The summed E-state index contributed by atoms with van der Waals surface area (Å²) in [6, 6.07) is 15.8. The first-order valence-electron chi connectivity index (χ1n) is 5.97. The number of anilines is 2. The van der Waals surface area contributed by atoms with Gasteiger partial charge in [0.1, 0.15) is 23.3 Å². The molecule has 3 aromatic rings. The molecule has 92 valence electrons. The van der Waals surface area contributed by atoms with Crippen LogP contribution < -0.4 is 4.90 Å². The number of benzene rings is 1. The average molecular weight is 248 g/mol. The molecule has 0 amide bonds. The van der Waals surface area contributed by atoms with Crippen LogP contribution in [0, 0.1) is 11.3 Å². The normalized spacial score (nSPS) is 10.3. The van der Waals surface area contributed by atoms with Crippen LogP contribution in [0.3, 0.4) is 0 Å². The van der Waals surface area contributed by atoms with Crippen LogP contribution in [0.2, 0.25) is 0 Å². The lowest BCUT2D eigenvalue weighted by Gasteiger charge is -2.16. The Balaban J connectivity index is 2.18. The van der Waals surface area contributed by atoms with Gasteiger partial charge in [0.05, 0.1) is 0 Å². The van der Waals surface area contributed by atoms with E-state index in [0.29, 0.717) is 5.56 Å². The fourth-order valence-corrected chi connectivity index (χ4v) is 2.16. The third-order valence-electron chi connectivity index (χ3n) is 3.13. The van der Waals surface area contributed by atoms with E-state index >= 15 is 0 Å². The second-order valence-corrected chi connectivity index (χ2v) is 4.25. The van der Waals surface area contributed by atoms with Crippen LogP contribution in [0.25, 0.3) is 10.9 Å². The predicted molar refractivity (Wildman–Crippen MR) is 75.3 cm³/mol. The molecule has 2 aromatic heterocycles. The van der Waals surface area contributed by atoms with E-state index < -0.39 is 0 Å². The minimum absolute atomic E-state index is 0.642. The van der Waals surface area contributed by atoms with E-state index in [1.54, 1.807) is 6.20 Å². The molecule has 4 nitrogen and oxygen atoms in total. The third kappa shape index (κ3) is 1.81. The van der Waals surface area contributed by atoms with Crippen molar-refractivity contribution in [3.8, 4) is 6.07 Å². The number of nitriles is 1. The van der Waals surface area contributed by atoms with Crippen LogP contribution in [-0.2, 0) is 0 Å². The molecule has 0 unspecified atom stereocenters. The molecule has 0 atom stereocenters. The highest BCUT2D eigenvalue weighted by atomic mass is 15.2. The average Bonchev–Trinajstić information content (AvgIpc) is 2.85. The zero-order valence-electron chi connectivity index (χ0n) is 10.5. The number of aromatic amines is 1. The Morgan fingerprint density at radius 2 is 1.95 bits per heavy atom. The molecule has 0 aliphatic heterocycles. The number of aromatic nitrogens is 2. The van der Waals surface area contributed by atoms with Crippen molar-refractivity contribution in [3.63, 3.8) is 0 Å². The van der Waals surface area contributed by atoms with Crippen LogP contribution in [0.4, 0.5) is 11.6 Å². The Morgan fingerprint density at radius 1 is 1.16 bits per heavy atom. The largest absolute Gasteiger partial charge is 0.340 e. The predicted octanol–water partition coefficient (Wildman–Crippen LogP) is 3.20. The van der Waals surface area contributed by atoms with Gasteiger partial charge in [0.2, 0.25) is 0 Å². The van der Waals surface area contributed by atoms with Crippen molar-refractivity contribution in [2.45, 2.75) is 0 Å². The van der Waals surface area contributed by atoms with Gasteiger partial charge >= 0.3 is 0 Å². The van der Waals surface area contributed by atoms with E-state index in [2.05, 4.69) is 16.0 Å². The monoisotopic (exact) mass is 248 g/mol. The fourth-order valence-electron chi connectivity index (χ4n) is 2.16. The molecule has 0 bridgehead atoms. The van der Waals surface area contributed by atoms with Crippen molar-refractivity contribution in [3.05, 3.63) is 54.2 Å². The molecule has 0 spiro atoms. The maximum absolute atomic E-state index is 9.38. The van der Waals surface area contributed by atoms with Crippen molar-refractivity contribution in [1.29, 1.82) is 5.26 Å². The summed E-state index contributed by atoms with van der Waals surface area (Å²) < 4.78 is 0. The molecule has 2 heterocycles. The maximum atomic E-state index is 9.38. The summed E-state index contributed by atoms with van der Waals surface area (Å²) >= 11 is 0. The van der Waals surface area contributed by atoms with Gasteiger partial charge in [-0.25, -0.2) is 4.98 Å². The second kappa shape index (κ2) is 4.46. The van der Waals surface area contributed by atoms with Gasteiger partial charge in [0, 0.05) is 24.1 Å². The number of nitrogens with zero attached hydrogens (tertiary/aromatic N) is 3. The van der Waals surface area contributed by atoms with Gasteiger partial charge in [-0.05, 0) is 18.2 Å². The number of hydrogen-bond acceptors (Lipinski definition) is 3. The van der Waals surface area contributed by atoms with Gasteiger partial charge in [-0.15, -0.1) is 0 Å². The molecule has 1 N–H and O–H groups in total. The SMILES string of the molecule is CN(c1ccccn1)c1[nH]c2ccccc2c1C#N. The van der Waals surface area contributed by atoms with Gasteiger partial charge in [0.25, 0.3) is 0 Å². The van der Waals surface area contributed by atoms with Crippen molar-refractivity contribution < 1.29 is 0 Å². The lowest BCUT2D eigenvalue weighted by molar-refractivity contribution is 1.09. The summed E-state index contributed by atoms with van der Waals surface area (Å²) in [5, 5.41) is 10.3. The summed E-state index contributed by atoms with van der Waals surface area (Å²) in [6.45, 7) is 0. The maximum Gasteiger partial charge on any atom is 0.133 e. The number of rotatable bonds is 2. The van der Waals surface area contributed by atoms with Gasteiger partial charge in [0.15, 0.2) is 0 Å². The van der Waals surface area contributed by atoms with Gasteiger partial charge < -0.3 is 9.88 Å². The van der Waals surface area contributed by atoms with Gasteiger partial charge in [-0.3, -0.25) is 0 Å².